The van der Waals surface area contributed by atoms with E-state index < -0.39 is 0 Å². The molecule has 0 radical (unpaired) electrons. The second-order valence-electron chi connectivity index (χ2n) is 8.15. The second kappa shape index (κ2) is 8.11. The molecular formula is C25H20BrN4O2S+. The minimum absolute atomic E-state index is 0.241. The van der Waals surface area contributed by atoms with Gasteiger partial charge in [-0.05, 0) is 41.4 Å². The number of fused-ring (bicyclic) bond motifs is 1. The van der Waals surface area contributed by atoms with Crippen molar-refractivity contribution in [2.75, 3.05) is 17.6 Å². The molecule has 0 fully saturated rings. The van der Waals surface area contributed by atoms with Gasteiger partial charge in [-0.3, -0.25) is 14.5 Å². The molecule has 2 aliphatic rings. The number of aromatic nitrogens is 3. The Bertz CT molecular complexity index is 1370. The molecule has 0 N–H and O–H groups in total. The fourth-order valence-corrected chi connectivity index (χ4v) is 6.71. The zero-order valence-corrected chi connectivity index (χ0v) is 20.1. The molecule has 2 aliphatic heterocycles. The number of para-hydroxylation sites is 1. The molecule has 0 bridgehead atoms. The molecule has 1 atom stereocenters. The van der Waals surface area contributed by atoms with Gasteiger partial charge in [-0.25, -0.2) is 0 Å². The summed E-state index contributed by atoms with van der Waals surface area (Å²) in [4.78, 5) is 27.9. The van der Waals surface area contributed by atoms with E-state index in [-0.39, 0.29) is 24.4 Å². The highest BCUT2D eigenvalue weighted by atomic mass is 79.9. The molecule has 3 heterocycles. The maximum Gasteiger partial charge on any atom is 0.301 e. The number of alkyl halides is 1. The van der Waals surface area contributed by atoms with Crippen LogP contribution in [0.4, 0.5) is 0 Å². The van der Waals surface area contributed by atoms with Crippen LogP contribution in [-0.2, 0) is 6.42 Å². The third kappa shape index (κ3) is 3.23. The van der Waals surface area contributed by atoms with Crippen LogP contribution in [-0.4, -0.2) is 44.1 Å². The quantitative estimate of drug-likeness (QED) is 0.225. The lowest BCUT2D eigenvalue weighted by atomic mass is 9.94. The molecule has 6 nitrogen and oxygen atoms in total. The van der Waals surface area contributed by atoms with Gasteiger partial charge < -0.3 is 0 Å². The fourth-order valence-electron chi connectivity index (χ4n) is 4.64. The zero-order valence-electron chi connectivity index (χ0n) is 17.6. The predicted molar refractivity (Wildman–Crippen MR) is 130 cm³/mol. The summed E-state index contributed by atoms with van der Waals surface area (Å²) >= 11 is 5.38. The Morgan fingerprint density at radius 2 is 1.67 bits per heavy atom. The van der Waals surface area contributed by atoms with Crippen LogP contribution in [0, 0.1) is 0 Å². The van der Waals surface area contributed by atoms with Crippen LogP contribution in [0.2, 0.25) is 0 Å². The predicted octanol–water partition coefficient (Wildman–Crippen LogP) is 4.19. The lowest BCUT2D eigenvalue weighted by molar-refractivity contribution is -0.645. The number of carbonyl (C=O) groups is 2. The molecule has 2 amide bonds. The Labute approximate surface area is 203 Å². The summed E-state index contributed by atoms with van der Waals surface area (Å²) in [5.41, 5.74) is 2.20. The van der Waals surface area contributed by atoms with Crippen molar-refractivity contribution in [1.29, 1.82) is 0 Å². The van der Waals surface area contributed by atoms with Crippen LogP contribution in [0.5, 0.6) is 0 Å². The van der Waals surface area contributed by atoms with Gasteiger partial charge in [-0.2, -0.15) is 4.57 Å². The van der Waals surface area contributed by atoms with Gasteiger partial charge in [-0.1, -0.05) is 63.1 Å². The molecule has 0 unspecified atom stereocenters. The summed E-state index contributed by atoms with van der Waals surface area (Å²) in [5.74, 6) is 1.32. The van der Waals surface area contributed by atoms with E-state index in [2.05, 4.69) is 37.3 Å². The number of amides is 2. The van der Waals surface area contributed by atoms with E-state index in [1.807, 2.05) is 42.5 Å². The minimum Gasteiger partial charge on any atom is -0.274 e. The number of thioether (sulfide) groups is 1. The average molecular weight is 520 g/mol. The van der Waals surface area contributed by atoms with E-state index in [9.17, 15) is 9.59 Å². The zero-order chi connectivity index (χ0) is 22.5. The van der Waals surface area contributed by atoms with Crippen molar-refractivity contribution in [2.45, 2.75) is 17.6 Å². The van der Waals surface area contributed by atoms with Crippen LogP contribution < -0.4 is 4.57 Å². The molecule has 0 saturated carbocycles. The normalized spacial score (nSPS) is 17.1. The van der Waals surface area contributed by atoms with Crippen LogP contribution in [0.25, 0.3) is 16.5 Å². The molecule has 3 aromatic carbocycles. The van der Waals surface area contributed by atoms with Gasteiger partial charge in [-0.15, -0.1) is 0 Å². The maximum atomic E-state index is 13.3. The van der Waals surface area contributed by atoms with Crippen molar-refractivity contribution < 1.29 is 14.2 Å². The Hall–Kier alpha value is -2.97. The summed E-state index contributed by atoms with van der Waals surface area (Å²) in [6, 6.07) is 21.6. The Kier molecular flexibility index (Phi) is 5.07. The number of halogens is 1. The Balaban J connectivity index is 1.36. The first kappa shape index (κ1) is 20.6. The largest absolute Gasteiger partial charge is 0.301 e. The highest BCUT2D eigenvalue weighted by Gasteiger charge is 2.39. The number of benzene rings is 3. The van der Waals surface area contributed by atoms with E-state index in [0.717, 1.165) is 38.5 Å². The van der Waals surface area contributed by atoms with E-state index in [1.165, 1.54) is 4.90 Å². The van der Waals surface area contributed by atoms with Gasteiger partial charge in [0.2, 0.25) is 0 Å². The molecule has 8 heteroatoms. The number of imide groups is 1. The van der Waals surface area contributed by atoms with Gasteiger partial charge in [0.15, 0.2) is 0 Å². The van der Waals surface area contributed by atoms with Crippen LogP contribution in [0.3, 0.4) is 0 Å². The first-order valence-electron chi connectivity index (χ1n) is 10.8. The Morgan fingerprint density at radius 1 is 0.970 bits per heavy atom. The van der Waals surface area contributed by atoms with Crippen molar-refractivity contribution in [1.82, 2.24) is 14.7 Å². The van der Waals surface area contributed by atoms with Crippen molar-refractivity contribution in [3.8, 4) is 5.69 Å². The molecule has 6 rings (SSSR count). The van der Waals surface area contributed by atoms with Gasteiger partial charge >= 0.3 is 5.16 Å². The van der Waals surface area contributed by atoms with Crippen LogP contribution in [0.1, 0.15) is 32.6 Å². The molecule has 164 valence electrons. The van der Waals surface area contributed by atoms with Crippen LogP contribution >= 0.6 is 27.7 Å². The van der Waals surface area contributed by atoms with Crippen molar-refractivity contribution in [3.05, 3.63) is 83.7 Å². The topological polar surface area (TPSA) is 59.1 Å². The highest BCUT2D eigenvalue weighted by Crippen LogP contribution is 2.33. The monoisotopic (exact) mass is 519 g/mol. The summed E-state index contributed by atoms with van der Waals surface area (Å²) < 4.78 is 4.22. The van der Waals surface area contributed by atoms with E-state index >= 15 is 0 Å². The Morgan fingerprint density at radius 3 is 2.33 bits per heavy atom. The highest BCUT2D eigenvalue weighted by molar-refractivity contribution is 9.09. The third-order valence-electron chi connectivity index (χ3n) is 6.23. The first-order chi connectivity index (χ1) is 16.2. The summed E-state index contributed by atoms with van der Waals surface area (Å²) in [5, 5.41) is 8.48. The lowest BCUT2D eigenvalue weighted by Crippen LogP contribution is -2.43. The smallest absolute Gasteiger partial charge is 0.274 e. The second-order valence-corrected chi connectivity index (χ2v) is 9.79. The van der Waals surface area contributed by atoms with Gasteiger partial charge in [0.1, 0.15) is 11.7 Å². The molecule has 0 spiro atoms. The lowest BCUT2D eigenvalue weighted by Gasteiger charge is -2.26. The number of hydrogen-bond donors (Lipinski definition) is 0. The molecule has 0 aliphatic carbocycles. The third-order valence-corrected chi connectivity index (χ3v) is 8.15. The molecule has 0 saturated heterocycles. The van der Waals surface area contributed by atoms with E-state index in [1.54, 1.807) is 23.9 Å². The number of hydrogen-bond acceptors (Lipinski definition) is 4. The number of carbonyl (C=O) groups excluding carboxylic acids is 2. The van der Waals surface area contributed by atoms with Crippen molar-refractivity contribution >= 4 is 50.3 Å². The van der Waals surface area contributed by atoms with Crippen LogP contribution in [0.15, 0.2) is 71.9 Å². The number of rotatable bonds is 5. The molecular weight excluding hydrogens is 500 g/mol. The molecule has 1 aromatic heterocycles. The summed E-state index contributed by atoms with van der Waals surface area (Å²) in [6.07, 6.45) is 0.472. The van der Waals surface area contributed by atoms with Crippen molar-refractivity contribution in [3.63, 3.8) is 0 Å². The summed E-state index contributed by atoms with van der Waals surface area (Å²) in [7, 11) is 0. The van der Waals surface area contributed by atoms with E-state index in [4.69, 9.17) is 5.10 Å². The molecule has 4 aromatic rings. The maximum absolute atomic E-state index is 13.3. The summed E-state index contributed by atoms with van der Waals surface area (Å²) in [6.45, 7) is 0.273. The molecule has 33 heavy (non-hydrogen) atoms. The van der Waals surface area contributed by atoms with E-state index in [0.29, 0.717) is 17.5 Å². The minimum atomic E-state index is -0.241. The van der Waals surface area contributed by atoms with Gasteiger partial charge in [0, 0.05) is 39.2 Å². The SMILES string of the molecule is O=C1c2cccc3cccc(c23)C(=O)N1CCc1nn2c([n+]1-c1ccccc1)SC[C@H]2CBr. The standard InChI is InChI=1S/C25H20BrN4O2S/c26-14-18-15-33-25-29(17-8-2-1-3-9-17)21(27-30(18)25)12-13-28-23(31)19-10-4-6-16-7-5-11-20(22(16)19)24(28)32/h1-11,18H,12-15H2/q+1/t18-/m1/s1. The van der Waals surface area contributed by atoms with Gasteiger partial charge in [0.05, 0.1) is 6.42 Å². The fraction of sp³-hybridized carbons (Fsp3) is 0.200. The van der Waals surface area contributed by atoms with Crippen molar-refractivity contribution in [2.24, 2.45) is 0 Å². The number of nitrogens with zero attached hydrogens (tertiary/aromatic N) is 4. The van der Waals surface area contributed by atoms with Gasteiger partial charge in [0.25, 0.3) is 17.6 Å². The first-order valence-corrected chi connectivity index (χ1v) is 12.9. The average Bonchev–Trinajstić information content (AvgIpc) is 3.41.